The summed E-state index contributed by atoms with van der Waals surface area (Å²) in [5, 5.41) is 5.28. The number of nitrogens with one attached hydrogen (secondary N) is 2. The molecule has 0 radical (unpaired) electrons. The van der Waals surface area contributed by atoms with Crippen molar-refractivity contribution in [3.63, 3.8) is 0 Å². The molecule has 0 spiro atoms. The standard InChI is InChI=1S/C21H26N2O4S/c1-5-27-18-11-10-17(12-19(18)26-4)23-21(25)15(3)28-13-20(24)22-16-8-6-14(2)7-9-16/h6-12,15H,5,13H2,1-4H3,(H,22,24)(H,23,25)/t15-/m1/s1. The van der Waals surface area contributed by atoms with Crippen LogP contribution < -0.4 is 20.1 Å². The van der Waals surface area contributed by atoms with Crippen molar-refractivity contribution in [3.8, 4) is 11.5 Å². The number of methoxy groups -OCH3 is 1. The van der Waals surface area contributed by atoms with Crippen molar-refractivity contribution in [3.05, 3.63) is 48.0 Å². The third-order valence-electron chi connectivity index (χ3n) is 3.90. The molecule has 2 rings (SSSR count). The van der Waals surface area contributed by atoms with Crippen molar-refractivity contribution in [2.45, 2.75) is 26.0 Å². The molecule has 2 aromatic carbocycles. The lowest BCUT2D eigenvalue weighted by molar-refractivity contribution is -0.115. The summed E-state index contributed by atoms with van der Waals surface area (Å²) < 4.78 is 10.8. The van der Waals surface area contributed by atoms with Gasteiger partial charge in [0.2, 0.25) is 11.8 Å². The van der Waals surface area contributed by atoms with Gasteiger partial charge in [-0.1, -0.05) is 17.7 Å². The van der Waals surface area contributed by atoms with Crippen LogP contribution in [0.1, 0.15) is 19.4 Å². The van der Waals surface area contributed by atoms with Crippen LogP contribution in [0.15, 0.2) is 42.5 Å². The monoisotopic (exact) mass is 402 g/mol. The largest absolute Gasteiger partial charge is 0.493 e. The molecular formula is C21H26N2O4S. The number of carbonyl (C=O) groups excluding carboxylic acids is 2. The number of ether oxygens (including phenoxy) is 2. The van der Waals surface area contributed by atoms with Gasteiger partial charge >= 0.3 is 0 Å². The van der Waals surface area contributed by atoms with Crippen LogP contribution in [0.2, 0.25) is 0 Å². The zero-order chi connectivity index (χ0) is 20.5. The van der Waals surface area contributed by atoms with E-state index in [9.17, 15) is 9.59 Å². The molecule has 0 aliphatic rings. The fourth-order valence-electron chi connectivity index (χ4n) is 2.37. The van der Waals surface area contributed by atoms with Crippen LogP contribution in [0.5, 0.6) is 11.5 Å². The molecule has 0 aliphatic heterocycles. The number of hydrogen-bond donors (Lipinski definition) is 2. The zero-order valence-electron chi connectivity index (χ0n) is 16.6. The van der Waals surface area contributed by atoms with E-state index < -0.39 is 0 Å². The van der Waals surface area contributed by atoms with Crippen LogP contribution in [0.25, 0.3) is 0 Å². The second-order valence-corrected chi connectivity index (χ2v) is 7.48. The first-order valence-corrected chi connectivity index (χ1v) is 10.1. The Hall–Kier alpha value is -2.67. The highest BCUT2D eigenvalue weighted by Gasteiger charge is 2.16. The summed E-state index contributed by atoms with van der Waals surface area (Å²) in [6.45, 7) is 6.18. The molecule has 0 heterocycles. The Labute approximate surface area is 170 Å². The predicted molar refractivity (Wildman–Crippen MR) is 115 cm³/mol. The third-order valence-corrected chi connectivity index (χ3v) is 5.04. The molecule has 0 aromatic heterocycles. The number of anilines is 2. The van der Waals surface area contributed by atoms with Gasteiger partial charge in [-0.15, -0.1) is 11.8 Å². The van der Waals surface area contributed by atoms with Crippen molar-refractivity contribution in [2.24, 2.45) is 0 Å². The number of rotatable bonds is 9. The minimum absolute atomic E-state index is 0.142. The van der Waals surface area contributed by atoms with Crippen LogP contribution in [0, 0.1) is 6.92 Å². The molecule has 150 valence electrons. The maximum atomic E-state index is 12.4. The van der Waals surface area contributed by atoms with E-state index in [4.69, 9.17) is 9.47 Å². The number of benzene rings is 2. The van der Waals surface area contributed by atoms with E-state index in [1.54, 1.807) is 32.2 Å². The molecule has 28 heavy (non-hydrogen) atoms. The lowest BCUT2D eigenvalue weighted by Gasteiger charge is -2.14. The van der Waals surface area contributed by atoms with Gasteiger partial charge in [0.25, 0.3) is 0 Å². The van der Waals surface area contributed by atoms with Crippen LogP contribution in [-0.4, -0.2) is 36.5 Å². The number of hydrogen-bond acceptors (Lipinski definition) is 5. The fourth-order valence-corrected chi connectivity index (χ4v) is 3.06. The predicted octanol–water partition coefficient (Wildman–Crippen LogP) is 4.10. The average molecular weight is 403 g/mol. The Morgan fingerprint density at radius 3 is 2.36 bits per heavy atom. The van der Waals surface area contributed by atoms with Gasteiger partial charge in [-0.05, 0) is 45.0 Å². The average Bonchev–Trinajstić information content (AvgIpc) is 2.69. The van der Waals surface area contributed by atoms with Gasteiger partial charge in [0, 0.05) is 17.4 Å². The third kappa shape index (κ3) is 6.49. The first-order valence-electron chi connectivity index (χ1n) is 9.02. The van der Waals surface area contributed by atoms with E-state index >= 15 is 0 Å². The molecule has 1 atom stereocenters. The van der Waals surface area contributed by atoms with E-state index in [-0.39, 0.29) is 22.8 Å². The first-order chi connectivity index (χ1) is 13.4. The maximum absolute atomic E-state index is 12.4. The Kier molecular flexibility index (Phi) is 8.19. The highest BCUT2D eigenvalue weighted by Crippen LogP contribution is 2.30. The van der Waals surface area contributed by atoms with Crippen molar-refractivity contribution in [1.82, 2.24) is 0 Å². The number of carbonyl (C=O) groups is 2. The highest BCUT2D eigenvalue weighted by molar-refractivity contribution is 8.01. The fraction of sp³-hybridized carbons (Fsp3) is 0.333. The van der Waals surface area contributed by atoms with Gasteiger partial charge in [0.05, 0.1) is 24.7 Å². The molecule has 2 amide bonds. The van der Waals surface area contributed by atoms with Gasteiger partial charge < -0.3 is 20.1 Å². The summed E-state index contributed by atoms with van der Waals surface area (Å²) in [6.07, 6.45) is 0. The van der Waals surface area contributed by atoms with Gasteiger partial charge in [0.15, 0.2) is 11.5 Å². The molecule has 0 saturated carbocycles. The molecule has 0 aliphatic carbocycles. The lowest BCUT2D eigenvalue weighted by Crippen LogP contribution is -2.25. The Morgan fingerprint density at radius 1 is 1.04 bits per heavy atom. The molecule has 2 N–H and O–H groups in total. The Balaban J connectivity index is 1.85. The zero-order valence-corrected chi connectivity index (χ0v) is 17.4. The summed E-state index contributed by atoms with van der Waals surface area (Å²) >= 11 is 1.28. The van der Waals surface area contributed by atoms with E-state index in [0.717, 1.165) is 11.3 Å². The van der Waals surface area contributed by atoms with Crippen LogP contribution >= 0.6 is 11.8 Å². The van der Waals surface area contributed by atoms with Crippen molar-refractivity contribution in [1.29, 1.82) is 0 Å². The molecule has 0 fully saturated rings. The van der Waals surface area contributed by atoms with Crippen molar-refractivity contribution >= 4 is 35.0 Å². The van der Waals surface area contributed by atoms with Crippen LogP contribution in [0.3, 0.4) is 0 Å². The quantitative estimate of drug-likeness (QED) is 0.660. The van der Waals surface area contributed by atoms with Crippen molar-refractivity contribution < 1.29 is 19.1 Å². The molecule has 0 bridgehead atoms. The number of amides is 2. The highest BCUT2D eigenvalue weighted by atomic mass is 32.2. The SMILES string of the molecule is CCOc1ccc(NC(=O)[C@@H](C)SCC(=O)Nc2ccc(C)cc2)cc1OC. The minimum Gasteiger partial charge on any atom is -0.493 e. The minimum atomic E-state index is -0.388. The van der Waals surface area contributed by atoms with Gasteiger partial charge in [0.1, 0.15) is 0 Å². The lowest BCUT2D eigenvalue weighted by atomic mass is 10.2. The van der Waals surface area contributed by atoms with E-state index in [0.29, 0.717) is 23.8 Å². The maximum Gasteiger partial charge on any atom is 0.237 e. The van der Waals surface area contributed by atoms with Crippen LogP contribution in [0.4, 0.5) is 11.4 Å². The van der Waals surface area contributed by atoms with Crippen LogP contribution in [-0.2, 0) is 9.59 Å². The molecule has 2 aromatic rings. The second kappa shape index (κ2) is 10.6. The summed E-state index contributed by atoms with van der Waals surface area (Å²) in [4.78, 5) is 24.5. The summed E-state index contributed by atoms with van der Waals surface area (Å²) in [5.41, 5.74) is 2.49. The number of thioether (sulfide) groups is 1. The summed E-state index contributed by atoms with van der Waals surface area (Å²) in [5.74, 6) is 1.04. The smallest absolute Gasteiger partial charge is 0.237 e. The van der Waals surface area contributed by atoms with Gasteiger partial charge in [-0.3, -0.25) is 9.59 Å². The molecule has 0 saturated heterocycles. The molecule has 6 nitrogen and oxygen atoms in total. The van der Waals surface area contributed by atoms with Gasteiger partial charge in [-0.25, -0.2) is 0 Å². The molecular weight excluding hydrogens is 376 g/mol. The van der Waals surface area contributed by atoms with Crippen molar-refractivity contribution in [2.75, 3.05) is 30.1 Å². The second-order valence-electron chi connectivity index (χ2n) is 6.16. The topological polar surface area (TPSA) is 76.7 Å². The summed E-state index contributed by atoms with van der Waals surface area (Å²) in [6, 6.07) is 12.8. The Bertz CT molecular complexity index is 809. The summed E-state index contributed by atoms with van der Waals surface area (Å²) in [7, 11) is 1.55. The van der Waals surface area contributed by atoms with E-state index in [1.807, 2.05) is 38.1 Å². The van der Waals surface area contributed by atoms with Gasteiger partial charge in [-0.2, -0.15) is 0 Å². The Morgan fingerprint density at radius 2 is 1.71 bits per heavy atom. The van der Waals surface area contributed by atoms with E-state index in [1.165, 1.54) is 11.8 Å². The number of aryl methyl sites for hydroxylation is 1. The van der Waals surface area contributed by atoms with E-state index in [2.05, 4.69) is 10.6 Å². The first kappa shape index (κ1) is 21.6. The molecule has 0 unspecified atom stereocenters. The molecule has 7 heteroatoms. The normalized spacial score (nSPS) is 11.4.